The topological polar surface area (TPSA) is 22.1 Å². The normalized spacial score (nSPS) is 10.4. The summed E-state index contributed by atoms with van der Waals surface area (Å²) in [6.45, 7) is 1.81. The van der Waals surface area contributed by atoms with Gasteiger partial charge in [0.1, 0.15) is 5.75 Å². The number of aryl methyl sites for hydroxylation is 1. The molecule has 5 heteroatoms. The average Bonchev–Trinajstić information content (AvgIpc) is 2.25. The third-order valence-electron chi connectivity index (χ3n) is 2.12. The summed E-state index contributed by atoms with van der Waals surface area (Å²) < 4.78 is 18.8. The lowest BCUT2D eigenvalue weighted by molar-refractivity contribution is 0.420. The van der Waals surface area contributed by atoms with Crippen LogP contribution in [-0.4, -0.2) is 4.98 Å². The van der Waals surface area contributed by atoms with Crippen molar-refractivity contribution < 1.29 is 9.13 Å². The number of pyridine rings is 1. The van der Waals surface area contributed by atoms with E-state index >= 15 is 0 Å². The van der Waals surface area contributed by atoms with Crippen molar-refractivity contribution in [3.05, 3.63) is 51.9 Å². The molecule has 1 heterocycles. The molecule has 0 atom stereocenters. The van der Waals surface area contributed by atoms with Gasteiger partial charge in [-0.3, -0.25) is 0 Å². The Morgan fingerprint density at radius 2 is 1.94 bits per heavy atom. The van der Waals surface area contributed by atoms with Gasteiger partial charge in [0.2, 0.25) is 0 Å². The minimum absolute atomic E-state index is 0.111. The van der Waals surface area contributed by atoms with Crippen molar-refractivity contribution in [3.63, 3.8) is 0 Å². The standard InChI is InChI=1S/C12H8Cl2FNO/c1-7-4-8(13)2-3-11(7)17-12-10(15)5-9(14)6-16-12/h2-6H,1H3. The number of hydrogen-bond donors (Lipinski definition) is 0. The summed E-state index contributed by atoms with van der Waals surface area (Å²) in [5.41, 5.74) is 0.800. The molecule has 0 unspecified atom stereocenters. The van der Waals surface area contributed by atoms with Crippen LogP contribution in [0.2, 0.25) is 10.0 Å². The molecule has 1 aromatic carbocycles. The molecule has 0 saturated heterocycles. The first kappa shape index (κ1) is 12.1. The Labute approximate surface area is 108 Å². The van der Waals surface area contributed by atoms with Gasteiger partial charge in [-0.15, -0.1) is 0 Å². The molecular weight excluding hydrogens is 264 g/mol. The van der Waals surface area contributed by atoms with Gasteiger partial charge < -0.3 is 4.74 Å². The maximum absolute atomic E-state index is 13.4. The molecule has 0 radical (unpaired) electrons. The fraction of sp³-hybridized carbons (Fsp3) is 0.0833. The van der Waals surface area contributed by atoms with Crippen LogP contribution in [0.15, 0.2) is 30.5 Å². The summed E-state index contributed by atoms with van der Waals surface area (Å²) in [4.78, 5) is 3.77. The number of aromatic nitrogens is 1. The molecular formula is C12H8Cl2FNO. The van der Waals surface area contributed by atoms with Gasteiger partial charge in [0.25, 0.3) is 5.88 Å². The zero-order chi connectivity index (χ0) is 12.4. The Hall–Kier alpha value is -1.32. The highest BCUT2D eigenvalue weighted by atomic mass is 35.5. The maximum Gasteiger partial charge on any atom is 0.255 e. The summed E-state index contributed by atoms with van der Waals surface area (Å²) in [7, 11) is 0. The van der Waals surface area contributed by atoms with Crippen molar-refractivity contribution in [1.82, 2.24) is 4.98 Å². The maximum atomic E-state index is 13.4. The monoisotopic (exact) mass is 271 g/mol. The van der Waals surface area contributed by atoms with Crippen LogP contribution in [0.5, 0.6) is 11.6 Å². The Bertz CT molecular complexity index is 511. The van der Waals surface area contributed by atoms with Gasteiger partial charge in [0, 0.05) is 11.2 Å². The minimum atomic E-state index is -0.605. The molecule has 0 saturated carbocycles. The number of benzene rings is 1. The molecule has 0 amide bonds. The van der Waals surface area contributed by atoms with Crippen LogP contribution in [0.1, 0.15) is 5.56 Å². The molecule has 2 nitrogen and oxygen atoms in total. The van der Waals surface area contributed by atoms with Gasteiger partial charge in [-0.1, -0.05) is 23.2 Å². The molecule has 0 bridgehead atoms. The van der Waals surface area contributed by atoms with Crippen LogP contribution in [0.3, 0.4) is 0 Å². The van der Waals surface area contributed by atoms with Crippen molar-refractivity contribution in [1.29, 1.82) is 0 Å². The van der Waals surface area contributed by atoms with E-state index in [9.17, 15) is 4.39 Å². The highest BCUT2D eigenvalue weighted by molar-refractivity contribution is 6.30. The second kappa shape index (κ2) is 4.90. The average molecular weight is 272 g/mol. The molecule has 0 N–H and O–H groups in total. The molecule has 0 aliphatic heterocycles. The van der Waals surface area contributed by atoms with Crippen LogP contribution < -0.4 is 4.74 Å². The number of rotatable bonds is 2. The first-order chi connectivity index (χ1) is 8.06. The van der Waals surface area contributed by atoms with Gasteiger partial charge in [0.05, 0.1) is 5.02 Å². The van der Waals surface area contributed by atoms with Gasteiger partial charge in [-0.05, 0) is 36.8 Å². The highest BCUT2D eigenvalue weighted by Crippen LogP contribution is 2.28. The molecule has 1 aromatic heterocycles. The summed E-state index contributed by atoms with van der Waals surface area (Å²) in [6, 6.07) is 6.20. The quantitative estimate of drug-likeness (QED) is 0.795. The van der Waals surface area contributed by atoms with Crippen LogP contribution in [0, 0.1) is 12.7 Å². The van der Waals surface area contributed by atoms with Gasteiger partial charge in [-0.25, -0.2) is 9.37 Å². The van der Waals surface area contributed by atoms with Crippen molar-refractivity contribution >= 4 is 23.2 Å². The van der Waals surface area contributed by atoms with E-state index in [0.29, 0.717) is 10.8 Å². The van der Waals surface area contributed by atoms with E-state index in [0.717, 1.165) is 11.6 Å². The van der Waals surface area contributed by atoms with E-state index in [1.165, 1.54) is 6.20 Å². The number of hydrogen-bond acceptors (Lipinski definition) is 2. The van der Waals surface area contributed by atoms with Crippen LogP contribution in [-0.2, 0) is 0 Å². The van der Waals surface area contributed by atoms with Gasteiger partial charge in [0.15, 0.2) is 5.82 Å². The van der Waals surface area contributed by atoms with E-state index in [2.05, 4.69) is 4.98 Å². The van der Waals surface area contributed by atoms with Crippen LogP contribution in [0.25, 0.3) is 0 Å². The highest BCUT2D eigenvalue weighted by Gasteiger charge is 2.09. The van der Waals surface area contributed by atoms with E-state index in [1.807, 2.05) is 6.92 Å². The zero-order valence-electron chi connectivity index (χ0n) is 8.88. The lowest BCUT2D eigenvalue weighted by Crippen LogP contribution is -1.93. The Kier molecular flexibility index (Phi) is 3.50. The first-order valence-corrected chi connectivity index (χ1v) is 5.57. The van der Waals surface area contributed by atoms with Crippen molar-refractivity contribution in [2.45, 2.75) is 6.92 Å². The molecule has 17 heavy (non-hydrogen) atoms. The molecule has 0 aliphatic carbocycles. The van der Waals surface area contributed by atoms with Crippen molar-refractivity contribution in [2.24, 2.45) is 0 Å². The first-order valence-electron chi connectivity index (χ1n) is 4.81. The van der Waals surface area contributed by atoms with E-state index < -0.39 is 5.82 Å². The Morgan fingerprint density at radius 3 is 2.59 bits per heavy atom. The summed E-state index contributed by atoms with van der Waals surface area (Å²) >= 11 is 11.4. The predicted molar refractivity (Wildman–Crippen MR) is 65.5 cm³/mol. The largest absolute Gasteiger partial charge is 0.436 e. The Morgan fingerprint density at radius 1 is 1.18 bits per heavy atom. The summed E-state index contributed by atoms with van der Waals surface area (Å²) in [6.07, 6.45) is 1.32. The molecule has 0 fully saturated rings. The lowest BCUT2D eigenvalue weighted by Gasteiger charge is -2.08. The Balaban J connectivity index is 2.31. The molecule has 88 valence electrons. The number of nitrogens with zero attached hydrogens (tertiary/aromatic N) is 1. The van der Waals surface area contributed by atoms with Crippen LogP contribution in [0.4, 0.5) is 4.39 Å². The van der Waals surface area contributed by atoms with E-state index in [4.69, 9.17) is 27.9 Å². The van der Waals surface area contributed by atoms with Crippen molar-refractivity contribution in [2.75, 3.05) is 0 Å². The fourth-order valence-electron chi connectivity index (χ4n) is 1.31. The van der Waals surface area contributed by atoms with E-state index in [1.54, 1.807) is 18.2 Å². The third kappa shape index (κ3) is 2.87. The predicted octanol–water partition coefficient (Wildman–Crippen LogP) is 4.63. The van der Waals surface area contributed by atoms with E-state index in [-0.39, 0.29) is 10.9 Å². The minimum Gasteiger partial charge on any atom is -0.436 e. The second-order valence-electron chi connectivity index (χ2n) is 3.45. The number of halogens is 3. The smallest absolute Gasteiger partial charge is 0.255 e. The molecule has 0 spiro atoms. The third-order valence-corrected chi connectivity index (χ3v) is 2.56. The van der Waals surface area contributed by atoms with Crippen LogP contribution >= 0.6 is 23.2 Å². The van der Waals surface area contributed by atoms with Crippen molar-refractivity contribution in [3.8, 4) is 11.6 Å². The summed E-state index contributed by atoms with van der Waals surface area (Å²) in [5, 5.41) is 0.821. The fourth-order valence-corrected chi connectivity index (χ4v) is 1.68. The molecule has 2 aromatic rings. The van der Waals surface area contributed by atoms with Gasteiger partial charge >= 0.3 is 0 Å². The SMILES string of the molecule is Cc1cc(Cl)ccc1Oc1ncc(Cl)cc1F. The van der Waals surface area contributed by atoms with Gasteiger partial charge in [-0.2, -0.15) is 0 Å². The summed E-state index contributed by atoms with van der Waals surface area (Å²) in [5.74, 6) is -0.213. The zero-order valence-corrected chi connectivity index (χ0v) is 10.4. The molecule has 2 rings (SSSR count). The lowest BCUT2D eigenvalue weighted by atomic mass is 10.2. The second-order valence-corrected chi connectivity index (χ2v) is 4.33. The number of ether oxygens (including phenoxy) is 1. The molecule has 0 aliphatic rings.